The molecule has 0 aliphatic carbocycles. The average Bonchev–Trinajstić information content (AvgIpc) is 3.25. The van der Waals surface area contributed by atoms with Gasteiger partial charge in [-0.15, -0.1) is 0 Å². The molecule has 0 saturated carbocycles. The van der Waals surface area contributed by atoms with Crippen LogP contribution >= 0.6 is 7.82 Å². The largest absolute Gasteiger partial charge is 0.472 e. The van der Waals surface area contributed by atoms with E-state index in [0.717, 1.165) is 44.9 Å². The Morgan fingerprint density at radius 1 is 0.516 bits per heavy atom. The van der Waals surface area contributed by atoms with Crippen LogP contribution in [-0.2, 0) is 18.4 Å². The molecule has 0 aromatic heterocycles. The maximum Gasteiger partial charge on any atom is 0.472 e. The average molecular weight is 922 g/mol. The summed E-state index contributed by atoms with van der Waals surface area (Å²) in [6, 6.07) is -0.871. The Bertz CT molecular complexity index is 1180. The minimum atomic E-state index is -4.36. The van der Waals surface area contributed by atoms with E-state index < -0.39 is 20.0 Å². The topological polar surface area (TPSA) is 105 Å². The highest BCUT2D eigenvalue weighted by Gasteiger charge is 2.27. The highest BCUT2D eigenvalue weighted by Crippen LogP contribution is 2.43. The van der Waals surface area contributed by atoms with Crippen LogP contribution in [0.15, 0.2) is 48.6 Å². The van der Waals surface area contributed by atoms with Crippen LogP contribution in [0.3, 0.4) is 0 Å². The van der Waals surface area contributed by atoms with Crippen molar-refractivity contribution in [1.82, 2.24) is 5.32 Å². The Morgan fingerprint density at radius 2 is 0.859 bits per heavy atom. The number of nitrogens with zero attached hydrogens (tertiary/aromatic N) is 1. The Labute approximate surface area is 397 Å². The Morgan fingerprint density at radius 3 is 1.25 bits per heavy atom. The van der Waals surface area contributed by atoms with Gasteiger partial charge >= 0.3 is 7.82 Å². The van der Waals surface area contributed by atoms with E-state index in [2.05, 4.69) is 55.6 Å². The van der Waals surface area contributed by atoms with E-state index in [4.69, 9.17) is 9.05 Å². The van der Waals surface area contributed by atoms with E-state index >= 15 is 0 Å². The summed E-state index contributed by atoms with van der Waals surface area (Å²) in [7, 11) is 1.55. The molecule has 376 valence electrons. The van der Waals surface area contributed by atoms with Crippen LogP contribution < -0.4 is 5.32 Å². The Balaban J connectivity index is 4.35. The molecule has 8 nitrogen and oxygen atoms in total. The summed E-state index contributed by atoms with van der Waals surface area (Å²) in [6.07, 6.45) is 60.6. The van der Waals surface area contributed by atoms with Gasteiger partial charge in [0.05, 0.1) is 39.9 Å². The lowest BCUT2D eigenvalue weighted by molar-refractivity contribution is -0.870. The van der Waals surface area contributed by atoms with Gasteiger partial charge in [-0.25, -0.2) is 4.57 Å². The number of hydrogen-bond acceptors (Lipinski definition) is 5. The molecular formula is C55H106N2O6P+. The van der Waals surface area contributed by atoms with Gasteiger partial charge in [-0.05, 0) is 70.6 Å². The van der Waals surface area contributed by atoms with Crippen molar-refractivity contribution < 1.29 is 32.9 Å². The SMILES string of the molecule is CCCCCCCC/C=C\CCCCCCCCCCCC(=O)NC(COP(=O)(O)OCC[N+](C)(C)C)C(O)/C=C/CC/C=C/CC/C=C/CCCCCCCCCCCCCCC. The minimum absolute atomic E-state index is 0.0526. The summed E-state index contributed by atoms with van der Waals surface area (Å²) >= 11 is 0. The van der Waals surface area contributed by atoms with Gasteiger partial charge in [-0.3, -0.25) is 13.8 Å². The second-order valence-electron chi connectivity index (χ2n) is 19.6. The number of unbranched alkanes of at least 4 members (excludes halogenated alkanes) is 30. The zero-order valence-electron chi connectivity index (χ0n) is 42.8. The van der Waals surface area contributed by atoms with Crippen molar-refractivity contribution in [3.05, 3.63) is 48.6 Å². The Hall–Kier alpha value is -1.54. The van der Waals surface area contributed by atoms with Crippen molar-refractivity contribution in [2.45, 2.75) is 257 Å². The molecule has 0 heterocycles. The van der Waals surface area contributed by atoms with Crippen molar-refractivity contribution >= 4 is 13.7 Å². The van der Waals surface area contributed by atoms with Crippen LogP contribution in [0, 0.1) is 0 Å². The van der Waals surface area contributed by atoms with Gasteiger partial charge in [-0.2, -0.15) is 0 Å². The molecule has 3 unspecified atom stereocenters. The Kier molecular flexibility index (Phi) is 45.4. The molecule has 0 aromatic carbocycles. The van der Waals surface area contributed by atoms with Crippen LogP contribution in [0.1, 0.15) is 245 Å². The summed E-state index contributed by atoms with van der Waals surface area (Å²) in [4.78, 5) is 23.2. The molecule has 0 aliphatic rings. The fourth-order valence-corrected chi connectivity index (χ4v) is 8.45. The number of phosphoric acid groups is 1. The number of quaternary nitrogens is 1. The predicted molar refractivity (Wildman–Crippen MR) is 277 cm³/mol. The number of carbonyl (C=O) groups excluding carboxylic acids is 1. The summed E-state index contributed by atoms with van der Waals surface area (Å²) in [5, 5.41) is 13.9. The highest BCUT2D eigenvalue weighted by atomic mass is 31.2. The number of rotatable bonds is 49. The molecule has 3 N–H and O–H groups in total. The van der Waals surface area contributed by atoms with Gasteiger partial charge in [-0.1, -0.05) is 217 Å². The van der Waals surface area contributed by atoms with Gasteiger partial charge in [0.2, 0.25) is 5.91 Å². The third kappa shape index (κ3) is 48.4. The monoisotopic (exact) mass is 922 g/mol. The van der Waals surface area contributed by atoms with Crippen molar-refractivity contribution in [3.8, 4) is 0 Å². The molecule has 1 amide bonds. The number of allylic oxidation sites excluding steroid dienone is 7. The third-order valence-corrected chi connectivity index (χ3v) is 13.0. The van der Waals surface area contributed by atoms with E-state index in [1.54, 1.807) is 6.08 Å². The molecule has 9 heteroatoms. The molecule has 0 fully saturated rings. The first-order chi connectivity index (χ1) is 31.0. The van der Waals surface area contributed by atoms with Gasteiger partial charge in [0.15, 0.2) is 0 Å². The quantitative estimate of drug-likeness (QED) is 0.0243. The minimum Gasteiger partial charge on any atom is -0.387 e. The number of hydrogen-bond donors (Lipinski definition) is 3. The van der Waals surface area contributed by atoms with Crippen LogP contribution in [0.2, 0.25) is 0 Å². The molecule has 0 aliphatic heterocycles. The second kappa shape index (κ2) is 46.6. The van der Waals surface area contributed by atoms with Crippen LogP contribution in [0.5, 0.6) is 0 Å². The lowest BCUT2D eigenvalue weighted by atomic mass is 10.0. The van der Waals surface area contributed by atoms with Gasteiger partial charge < -0.3 is 19.8 Å². The summed E-state index contributed by atoms with van der Waals surface area (Å²) in [5.41, 5.74) is 0. The molecule has 3 atom stereocenters. The molecule has 0 spiro atoms. The summed E-state index contributed by atoms with van der Waals surface area (Å²) < 4.78 is 23.6. The first kappa shape index (κ1) is 62.5. The molecule has 0 aromatic rings. The number of likely N-dealkylation sites (N-methyl/N-ethyl adjacent to an activating group) is 1. The summed E-state index contributed by atoms with van der Waals surface area (Å²) in [5.74, 6) is -0.192. The van der Waals surface area contributed by atoms with Crippen LogP contribution in [0.25, 0.3) is 0 Å². The van der Waals surface area contributed by atoms with Crippen molar-refractivity contribution in [2.24, 2.45) is 0 Å². The molecule has 0 rings (SSSR count). The maximum atomic E-state index is 12.9. The van der Waals surface area contributed by atoms with Gasteiger partial charge in [0.25, 0.3) is 0 Å². The van der Waals surface area contributed by atoms with E-state index in [1.807, 2.05) is 27.2 Å². The van der Waals surface area contributed by atoms with Crippen molar-refractivity contribution in [1.29, 1.82) is 0 Å². The van der Waals surface area contributed by atoms with Crippen LogP contribution in [0.4, 0.5) is 0 Å². The number of amides is 1. The fraction of sp³-hybridized carbons (Fsp3) is 0.836. The van der Waals surface area contributed by atoms with Gasteiger partial charge in [0, 0.05) is 6.42 Å². The summed E-state index contributed by atoms with van der Waals surface area (Å²) in [6.45, 7) is 4.80. The molecule has 0 bridgehead atoms. The van der Waals surface area contributed by atoms with E-state index in [0.29, 0.717) is 17.4 Å². The normalized spacial score (nSPS) is 14.4. The predicted octanol–water partition coefficient (Wildman–Crippen LogP) is 16.0. The molecular weight excluding hydrogens is 816 g/mol. The zero-order chi connectivity index (χ0) is 47.1. The fourth-order valence-electron chi connectivity index (χ4n) is 7.72. The lowest BCUT2D eigenvalue weighted by Gasteiger charge is -2.25. The van der Waals surface area contributed by atoms with Crippen molar-refractivity contribution in [2.75, 3.05) is 40.9 Å². The number of nitrogens with one attached hydrogen (secondary N) is 1. The standard InChI is InChI=1S/C55H105N2O6P/c1-6-8-10-12-14-16-18-20-22-24-26-27-28-29-31-32-34-36-38-40-42-44-46-48-54(58)53(52-63-64(60,61)62-51-50-57(3,4)5)56-55(59)49-47-45-43-41-39-37-35-33-30-25-23-21-19-17-15-13-11-9-7-2/h21,23,31-32,38,40,46,48,53-54,58H,6-20,22,24-30,33-37,39,41-45,47,49-52H2,1-5H3,(H-,56,59,60,61)/p+1/b23-21-,32-31+,40-38+,48-46+. The van der Waals surface area contributed by atoms with Gasteiger partial charge in [0.1, 0.15) is 13.2 Å². The van der Waals surface area contributed by atoms with Crippen LogP contribution in [-0.4, -0.2) is 73.4 Å². The molecule has 0 saturated heterocycles. The smallest absolute Gasteiger partial charge is 0.387 e. The number of phosphoric ester groups is 1. The molecule has 0 radical (unpaired) electrons. The van der Waals surface area contributed by atoms with E-state index in [9.17, 15) is 19.4 Å². The number of aliphatic hydroxyl groups excluding tert-OH is 1. The second-order valence-corrected chi connectivity index (χ2v) is 21.0. The van der Waals surface area contributed by atoms with E-state index in [-0.39, 0.29) is 19.1 Å². The van der Waals surface area contributed by atoms with E-state index in [1.165, 1.54) is 180 Å². The lowest BCUT2D eigenvalue weighted by Crippen LogP contribution is -2.45. The maximum absolute atomic E-state index is 12.9. The third-order valence-electron chi connectivity index (χ3n) is 12.0. The number of carbonyl (C=O) groups is 1. The zero-order valence-corrected chi connectivity index (χ0v) is 43.7. The van der Waals surface area contributed by atoms with Crippen molar-refractivity contribution in [3.63, 3.8) is 0 Å². The first-order valence-electron chi connectivity index (χ1n) is 27.0. The number of aliphatic hydroxyl groups is 1. The first-order valence-corrected chi connectivity index (χ1v) is 28.5. The molecule has 64 heavy (non-hydrogen) atoms. The highest BCUT2D eigenvalue weighted by molar-refractivity contribution is 7.47.